The number of nitrogens with one attached hydrogen (secondary N) is 2. The zero-order valence-corrected chi connectivity index (χ0v) is 12.8. The number of anilines is 1. The van der Waals surface area contributed by atoms with Crippen LogP contribution < -0.4 is 15.5 Å². The summed E-state index contributed by atoms with van der Waals surface area (Å²) in [7, 11) is 1.65. The highest BCUT2D eigenvalue weighted by Gasteiger charge is 2.31. The van der Waals surface area contributed by atoms with Gasteiger partial charge >= 0.3 is 0 Å². The maximum atomic E-state index is 14.2. The van der Waals surface area contributed by atoms with Crippen LogP contribution in [0.1, 0.15) is 31.7 Å². The molecule has 4 nitrogen and oxygen atoms in total. The van der Waals surface area contributed by atoms with Gasteiger partial charge in [-0.15, -0.1) is 0 Å². The van der Waals surface area contributed by atoms with E-state index in [2.05, 4.69) is 17.6 Å². The van der Waals surface area contributed by atoms with Gasteiger partial charge in [-0.25, -0.2) is 4.39 Å². The second-order valence-corrected chi connectivity index (χ2v) is 5.38. The van der Waals surface area contributed by atoms with Crippen molar-refractivity contribution in [2.75, 3.05) is 25.0 Å². The zero-order chi connectivity index (χ0) is 15.2. The molecule has 2 N–H and O–H groups in total. The summed E-state index contributed by atoms with van der Waals surface area (Å²) in [6.45, 7) is 4.22. The fourth-order valence-corrected chi connectivity index (χ4v) is 2.88. The van der Waals surface area contributed by atoms with Crippen LogP contribution in [0.2, 0.25) is 0 Å². The Balaban J connectivity index is 2.25. The molecule has 1 aliphatic heterocycles. The summed E-state index contributed by atoms with van der Waals surface area (Å²) < 4.78 is 14.2. The lowest BCUT2D eigenvalue weighted by molar-refractivity contribution is -0.121. The van der Waals surface area contributed by atoms with Crippen molar-refractivity contribution in [1.29, 1.82) is 0 Å². The third-order valence-electron chi connectivity index (χ3n) is 3.93. The molecule has 1 fully saturated rings. The molecule has 1 unspecified atom stereocenters. The first-order valence-corrected chi connectivity index (χ1v) is 7.65. The predicted molar refractivity (Wildman–Crippen MR) is 82.8 cm³/mol. The minimum Gasteiger partial charge on any atom is -0.359 e. The molecule has 2 rings (SSSR count). The van der Waals surface area contributed by atoms with E-state index < -0.39 is 0 Å². The fraction of sp³-hybridized carbons (Fsp3) is 0.562. The molecule has 0 aromatic heterocycles. The number of likely N-dealkylation sites (N-methyl/N-ethyl adjacent to an activating group) is 1. The minimum absolute atomic E-state index is 0.00392. The second kappa shape index (κ2) is 7.41. The van der Waals surface area contributed by atoms with E-state index in [0.717, 1.165) is 38.0 Å². The molecule has 5 heteroatoms. The minimum atomic E-state index is -0.210. The van der Waals surface area contributed by atoms with Crippen LogP contribution >= 0.6 is 0 Å². The lowest BCUT2D eigenvalue weighted by Crippen LogP contribution is -2.42. The van der Waals surface area contributed by atoms with Gasteiger partial charge in [-0.05, 0) is 37.9 Å². The van der Waals surface area contributed by atoms with Crippen LogP contribution in [0.15, 0.2) is 18.2 Å². The highest BCUT2D eigenvalue weighted by molar-refractivity contribution is 5.86. The summed E-state index contributed by atoms with van der Waals surface area (Å²) in [6.07, 6.45) is 2.78. The number of rotatable bonds is 6. The van der Waals surface area contributed by atoms with Crippen LogP contribution in [0.4, 0.5) is 10.1 Å². The van der Waals surface area contributed by atoms with Gasteiger partial charge in [0.15, 0.2) is 0 Å². The normalized spacial score (nSPS) is 18.0. The van der Waals surface area contributed by atoms with E-state index in [1.54, 1.807) is 13.1 Å². The summed E-state index contributed by atoms with van der Waals surface area (Å²) in [5, 5.41) is 5.95. The van der Waals surface area contributed by atoms with Crippen molar-refractivity contribution in [2.24, 2.45) is 0 Å². The number of amides is 1. The number of carbonyl (C=O) groups excluding carboxylic acids is 1. The Bertz CT molecular complexity index is 492. The molecule has 1 saturated heterocycles. The van der Waals surface area contributed by atoms with E-state index in [9.17, 15) is 9.18 Å². The monoisotopic (exact) mass is 293 g/mol. The van der Waals surface area contributed by atoms with Crippen LogP contribution in [-0.4, -0.2) is 32.1 Å². The number of halogens is 1. The smallest absolute Gasteiger partial charge is 0.242 e. The molecule has 1 amide bonds. The zero-order valence-electron chi connectivity index (χ0n) is 12.8. The van der Waals surface area contributed by atoms with Crippen LogP contribution in [0.3, 0.4) is 0 Å². The highest BCUT2D eigenvalue weighted by Crippen LogP contribution is 2.30. The first kappa shape index (κ1) is 15.8. The third-order valence-corrected chi connectivity index (χ3v) is 3.93. The Kier molecular flexibility index (Phi) is 5.56. The molecule has 0 bridgehead atoms. The number of benzene rings is 1. The van der Waals surface area contributed by atoms with Crippen molar-refractivity contribution in [3.63, 3.8) is 0 Å². The maximum Gasteiger partial charge on any atom is 0.242 e. The lowest BCUT2D eigenvalue weighted by Gasteiger charge is -2.28. The van der Waals surface area contributed by atoms with Gasteiger partial charge in [0.2, 0.25) is 5.91 Å². The van der Waals surface area contributed by atoms with Gasteiger partial charge in [0.05, 0.1) is 0 Å². The molecule has 0 saturated carbocycles. The van der Waals surface area contributed by atoms with Gasteiger partial charge in [0.1, 0.15) is 11.9 Å². The molecule has 1 heterocycles. The third kappa shape index (κ3) is 3.53. The van der Waals surface area contributed by atoms with E-state index in [4.69, 9.17) is 0 Å². The summed E-state index contributed by atoms with van der Waals surface area (Å²) in [4.78, 5) is 14.0. The molecule has 21 heavy (non-hydrogen) atoms. The van der Waals surface area contributed by atoms with Crippen molar-refractivity contribution in [2.45, 2.75) is 38.8 Å². The summed E-state index contributed by atoms with van der Waals surface area (Å²) in [5.41, 5.74) is 1.49. The molecule has 1 aromatic rings. The SMILES string of the molecule is CCCNCc1c(F)cccc1N1CCCC1C(=O)NC. The molecular formula is C16H24FN3O. The molecule has 1 aliphatic rings. The predicted octanol–water partition coefficient (Wildman–Crippen LogP) is 2.04. The van der Waals surface area contributed by atoms with Crippen molar-refractivity contribution in [3.8, 4) is 0 Å². The average molecular weight is 293 g/mol. The quantitative estimate of drug-likeness (QED) is 0.789. The Labute approximate surface area is 125 Å². The number of hydrogen-bond acceptors (Lipinski definition) is 3. The maximum absolute atomic E-state index is 14.2. The van der Waals surface area contributed by atoms with Crippen LogP contribution in [0.5, 0.6) is 0 Å². The molecule has 116 valence electrons. The van der Waals surface area contributed by atoms with Crippen molar-refractivity contribution >= 4 is 11.6 Å². The Morgan fingerprint density at radius 2 is 2.29 bits per heavy atom. The van der Waals surface area contributed by atoms with Crippen molar-refractivity contribution in [3.05, 3.63) is 29.6 Å². The van der Waals surface area contributed by atoms with Crippen molar-refractivity contribution < 1.29 is 9.18 Å². The largest absolute Gasteiger partial charge is 0.359 e. The Morgan fingerprint density at radius 1 is 1.48 bits per heavy atom. The van der Waals surface area contributed by atoms with Crippen LogP contribution in [-0.2, 0) is 11.3 Å². The van der Waals surface area contributed by atoms with Gasteiger partial charge in [0.25, 0.3) is 0 Å². The van der Waals surface area contributed by atoms with Crippen molar-refractivity contribution in [1.82, 2.24) is 10.6 Å². The molecule has 0 spiro atoms. The Hall–Kier alpha value is -1.62. The molecular weight excluding hydrogens is 269 g/mol. The topological polar surface area (TPSA) is 44.4 Å². The summed E-state index contributed by atoms with van der Waals surface area (Å²) >= 11 is 0. The molecule has 1 aromatic carbocycles. The molecule has 0 aliphatic carbocycles. The van der Waals surface area contributed by atoms with Gasteiger partial charge < -0.3 is 15.5 Å². The van der Waals surface area contributed by atoms with E-state index in [-0.39, 0.29) is 17.8 Å². The standard InChI is InChI=1S/C16H24FN3O/c1-3-9-19-11-12-13(17)6-4-7-14(12)20-10-5-8-15(20)16(21)18-2/h4,6-7,15,19H,3,5,8-11H2,1-2H3,(H,18,21). The highest BCUT2D eigenvalue weighted by atomic mass is 19.1. The summed E-state index contributed by atoms with van der Waals surface area (Å²) in [5.74, 6) is -0.206. The first-order chi connectivity index (χ1) is 10.2. The average Bonchev–Trinajstić information content (AvgIpc) is 2.97. The number of nitrogens with zero attached hydrogens (tertiary/aromatic N) is 1. The molecule has 1 atom stereocenters. The Morgan fingerprint density at radius 3 is 3.00 bits per heavy atom. The number of carbonyl (C=O) groups is 1. The van der Waals surface area contributed by atoms with Gasteiger partial charge in [-0.1, -0.05) is 13.0 Å². The fourth-order valence-electron chi connectivity index (χ4n) is 2.88. The lowest BCUT2D eigenvalue weighted by atomic mass is 10.1. The van der Waals surface area contributed by atoms with Gasteiger partial charge in [-0.2, -0.15) is 0 Å². The van der Waals surface area contributed by atoms with Gasteiger partial charge in [0, 0.05) is 31.4 Å². The van der Waals surface area contributed by atoms with E-state index in [1.165, 1.54) is 6.07 Å². The second-order valence-electron chi connectivity index (χ2n) is 5.38. The van der Waals surface area contributed by atoms with Gasteiger partial charge in [-0.3, -0.25) is 4.79 Å². The number of hydrogen-bond donors (Lipinski definition) is 2. The summed E-state index contributed by atoms with van der Waals surface area (Å²) in [6, 6.07) is 4.92. The molecule has 0 radical (unpaired) electrons. The van der Waals surface area contributed by atoms with Crippen LogP contribution in [0.25, 0.3) is 0 Å². The van der Waals surface area contributed by atoms with Crippen LogP contribution in [0, 0.1) is 5.82 Å². The van der Waals surface area contributed by atoms with E-state index >= 15 is 0 Å². The van der Waals surface area contributed by atoms with E-state index in [1.807, 2.05) is 11.0 Å². The van der Waals surface area contributed by atoms with E-state index in [0.29, 0.717) is 12.1 Å². The first-order valence-electron chi connectivity index (χ1n) is 7.65.